The third-order valence-electron chi connectivity index (χ3n) is 4.62. The number of nitro benzene ring substituents is 1. The van der Waals surface area contributed by atoms with Gasteiger partial charge >= 0.3 is 11.9 Å². The molecule has 0 heterocycles. The zero-order chi connectivity index (χ0) is 25.1. The average Bonchev–Trinajstić information content (AvgIpc) is 2.82. The first-order valence-electron chi connectivity index (χ1n) is 10.2. The van der Waals surface area contributed by atoms with Crippen LogP contribution in [0.15, 0.2) is 52.7 Å². The summed E-state index contributed by atoms with van der Waals surface area (Å²) < 4.78 is 9.39. The average molecular weight is 471 g/mol. The molecule has 0 unspecified atom stereocenters. The Balaban J connectivity index is 2.32. The highest BCUT2D eigenvalue weighted by molar-refractivity contribution is 5.93. The van der Waals surface area contributed by atoms with Crippen LogP contribution in [-0.2, 0) is 23.9 Å². The number of carbonyl (C=O) groups is 3. The largest absolute Gasteiger partial charge is 0.469 e. The zero-order valence-corrected chi connectivity index (χ0v) is 19.0. The summed E-state index contributed by atoms with van der Waals surface area (Å²) in [4.78, 5) is 47.1. The van der Waals surface area contributed by atoms with E-state index in [4.69, 9.17) is 9.47 Å². The maximum Gasteiger partial charge on any atom is 0.307 e. The molecule has 12 heteroatoms. The minimum absolute atomic E-state index is 0.0683. The Kier molecular flexibility index (Phi) is 9.62. The number of esters is 2. The molecular weight excluding hydrogens is 446 g/mol. The Morgan fingerprint density at radius 1 is 0.971 bits per heavy atom. The van der Waals surface area contributed by atoms with Crippen LogP contribution in [0.4, 0.5) is 28.4 Å². The molecule has 0 fully saturated rings. The van der Waals surface area contributed by atoms with Gasteiger partial charge in [0.15, 0.2) is 0 Å². The van der Waals surface area contributed by atoms with Crippen molar-refractivity contribution in [2.45, 2.75) is 19.8 Å². The van der Waals surface area contributed by atoms with Crippen LogP contribution in [0.3, 0.4) is 0 Å². The fourth-order valence-electron chi connectivity index (χ4n) is 2.88. The molecule has 2 aromatic carbocycles. The smallest absolute Gasteiger partial charge is 0.307 e. The summed E-state index contributed by atoms with van der Waals surface area (Å²) in [7, 11) is 2.58. The monoisotopic (exact) mass is 471 g/mol. The number of nitrogens with zero attached hydrogens (tertiary/aromatic N) is 4. The molecular formula is C22H25N5O7. The fraction of sp³-hybridized carbons (Fsp3) is 0.318. The number of non-ortho nitro benzene ring substituents is 1. The molecule has 12 nitrogen and oxygen atoms in total. The number of ether oxygens (including phenoxy) is 2. The van der Waals surface area contributed by atoms with Crippen molar-refractivity contribution in [2.24, 2.45) is 10.2 Å². The van der Waals surface area contributed by atoms with E-state index in [9.17, 15) is 24.5 Å². The van der Waals surface area contributed by atoms with Gasteiger partial charge in [-0.2, -0.15) is 5.11 Å². The summed E-state index contributed by atoms with van der Waals surface area (Å²) in [5, 5.41) is 21.7. The first-order valence-corrected chi connectivity index (χ1v) is 10.2. The van der Waals surface area contributed by atoms with E-state index in [1.54, 1.807) is 23.1 Å². The van der Waals surface area contributed by atoms with Crippen molar-refractivity contribution in [1.29, 1.82) is 0 Å². The maximum atomic E-state index is 11.7. The van der Waals surface area contributed by atoms with E-state index in [1.165, 1.54) is 45.4 Å². The lowest BCUT2D eigenvalue weighted by Gasteiger charge is -2.25. The molecule has 0 aromatic heterocycles. The topological polar surface area (TPSA) is 153 Å². The van der Waals surface area contributed by atoms with E-state index in [0.717, 1.165) is 0 Å². The quantitative estimate of drug-likeness (QED) is 0.224. The normalized spacial score (nSPS) is 10.6. The number of hydrogen-bond acceptors (Lipinski definition) is 10. The first kappa shape index (κ1) is 25.9. The van der Waals surface area contributed by atoms with Gasteiger partial charge in [-0.1, -0.05) is 0 Å². The van der Waals surface area contributed by atoms with Gasteiger partial charge < -0.3 is 19.7 Å². The zero-order valence-electron chi connectivity index (χ0n) is 19.0. The first-order chi connectivity index (χ1) is 16.2. The van der Waals surface area contributed by atoms with Gasteiger partial charge in [-0.05, 0) is 30.3 Å². The van der Waals surface area contributed by atoms with Gasteiger partial charge in [0.1, 0.15) is 5.69 Å². The Bertz CT molecular complexity index is 1050. The molecule has 0 spiro atoms. The molecule has 0 aliphatic rings. The highest BCUT2D eigenvalue weighted by atomic mass is 16.6. The van der Waals surface area contributed by atoms with Crippen molar-refractivity contribution in [3.8, 4) is 0 Å². The van der Waals surface area contributed by atoms with E-state index in [1.807, 2.05) is 0 Å². The second kappa shape index (κ2) is 12.6. The van der Waals surface area contributed by atoms with Crippen LogP contribution in [0.5, 0.6) is 0 Å². The van der Waals surface area contributed by atoms with Crippen molar-refractivity contribution in [3.63, 3.8) is 0 Å². The molecule has 0 aliphatic carbocycles. The SMILES string of the molecule is COC(=O)CCN(CCC(=O)OC)c1ccc(N=Nc2ccc([N+](=O)[O-])cc2)c(NC(C)=O)c1. The van der Waals surface area contributed by atoms with Gasteiger partial charge in [-0.25, -0.2) is 0 Å². The molecule has 0 aliphatic heterocycles. The summed E-state index contributed by atoms with van der Waals surface area (Å²) in [6, 6.07) is 10.5. The molecule has 2 aromatic rings. The van der Waals surface area contributed by atoms with E-state index < -0.39 is 16.9 Å². The Morgan fingerprint density at radius 3 is 2.06 bits per heavy atom. The minimum atomic E-state index is -0.513. The molecule has 2 rings (SSSR count). The third-order valence-corrected chi connectivity index (χ3v) is 4.62. The second-order valence-electron chi connectivity index (χ2n) is 7.00. The molecule has 180 valence electrons. The molecule has 34 heavy (non-hydrogen) atoms. The Labute approximate surface area is 195 Å². The number of nitro groups is 1. The highest BCUT2D eigenvalue weighted by Gasteiger charge is 2.15. The number of rotatable bonds is 11. The molecule has 0 bridgehead atoms. The second-order valence-corrected chi connectivity index (χ2v) is 7.00. The molecule has 1 N–H and O–H groups in total. The van der Waals surface area contributed by atoms with Gasteiger partial charge in [-0.15, -0.1) is 5.11 Å². The van der Waals surface area contributed by atoms with Gasteiger partial charge in [0.25, 0.3) is 5.69 Å². The number of methoxy groups -OCH3 is 2. The van der Waals surface area contributed by atoms with Crippen molar-refractivity contribution >= 4 is 46.3 Å². The number of hydrogen-bond donors (Lipinski definition) is 1. The van der Waals surface area contributed by atoms with Crippen molar-refractivity contribution in [3.05, 3.63) is 52.6 Å². The summed E-state index contributed by atoms with van der Waals surface area (Å²) in [5.41, 5.74) is 1.66. The lowest BCUT2D eigenvalue weighted by molar-refractivity contribution is -0.384. The van der Waals surface area contributed by atoms with Gasteiger partial charge in [0, 0.05) is 37.8 Å². The van der Waals surface area contributed by atoms with Crippen LogP contribution in [0, 0.1) is 10.1 Å². The van der Waals surface area contributed by atoms with Crippen LogP contribution >= 0.6 is 0 Å². The summed E-state index contributed by atoms with van der Waals surface area (Å²) >= 11 is 0. The van der Waals surface area contributed by atoms with E-state index in [-0.39, 0.29) is 37.5 Å². The van der Waals surface area contributed by atoms with Crippen molar-refractivity contribution < 1.29 is 28.8 Å². The number of carbonyl (C=O) groups excluding carboxylic acids is 3. The van der Waals surface area contributed by atoms with Crippen molar-refractivity contribution in [1.82, 2.24) is 0 Å². The third kappa shape index (κ3) is 7.97. The standard InChI is InChI=1S/C22H25N5O7/c1-15(28)23-20-14-18(26(12-10-21(29)33-2)13-11-22(30)34-3)8-9-19(20)25-24-16-4-6-17(7-5-16)27(31)32/h4-9,14H,10-13H2,1-3H3,(H,23,28). The lowest BCUT2D eigenvalue weighted by atomic mass is 10.2. The number of amides is 1. The van der Waals surface area contributed by atoms with Gasteiger partial charge in [0.05, 0.1) is 43.4 Å². The molecule has 0 atom stereocenters. The summed E-state index contributed by atoms with van der Waals surface area (Å²) in [5.74, 6) is -1.14. The van der Waals surface area contributed by atoms with Crippen LogP contribution < -0.4 is 10.2 Å². The molecule has 0 radical (unpaired) electrons. The molecule has 0 saturated heterocycles. The lowest BCUT2D eigenvalue weighted by Crippen LogP contribution is -2.29. The van der Waals surface area contributed by atoms with Crippen LogP contribution in [0.25, 0.3) is 0 Å². The van der Waals surface area contributed by atoms with Crippen molar-refractivity contribution in [2.75, 3.05) is 37.5 Å². The van der Waals surface area contributed by atoms with E-state index in [2.05, 4.69) is 15.5 Å². The van der Waals surface area contributed by atoms with Crippen LogP contribution in [0.2, 0.25) is 0 Å². The number of nitrogens with one attached hydrogen (secondary N) is 1. The van der Waals surface area contributed by atoms with Crippen LogP contribution in [0.1, 0.15) is 19.8 Å². The predicted octanol–water partition coefficient (Wildman–Crippen LogP) is 3.90. The van der Waals surface area contributed by atoms with E-state index in [0.29, 0.717) is 22.7 Å². The van der Waals surface area contributed by atoms with E-state index >= 15 is 0 Å². The molecule has 1 amide bonds. The number of azo groups is 1. The van der Waals surface area contributed by atoms with Gasteiger partial charge in [0.2, 0.25) is 5.91 Å². The number of benzene rings is 2. The predicted molar refractivity (Wildman–Crippen MR) is 123 cm³/mol. The Morgan fingerprint density at radius 2 is 1.56 bits per heavy atom. The Hall–Kier alpha value is -4.35. The van der Waals surface area contributed by atoms with Gasteiger partial charge in [-0.3, -0.25) is 24.5 Å². The minimum Gasteiger partial charge on any atom is -0.469 e. The molecule has 0 saturated carbocycles. The number of anilines is 2. The van der Waals surface area contributed by atoms with Crippen LogP contribution in [-0.4, -0.2) is 50.1 Å². The summed E-state index contributed by atoms with van der Waals surface area (Å²) in [6.45, 7) is 1.88. The summed E-state index contributed by atoms with van der Waals surface area (Å²) in [6.07, 6.45) is 0.184. The highest BCUT2D eigenvalue weighted by Crippen LogP contribution is 2.32. The fourth-order valence-corrected chi connectivity index (χ4v) is 2.88. The maximum absolute atomic E-state index is 11.7.